The van der Waals surface area contributed by atoms with Gasteiger partial charge in [0.2, 0.25) is 0 Å². The van der Waals surface area contributed by atoms with E-state index in [1.807, 2.05) is 30.3 Å². The topological polar surface area (TPSA) is 43.1 Å². The lowest BCUT2D eigenvalue weighted by molar-refractivity contribution is 1.03. The molecule has 0 atom stereocenters. The van der Waals surface area contributed by atoms with E-state index in [0.717, 1.165) is 102 Å². The number of fused-ring (bicyclic) bond motifs is 3. The van der Waals surface area contributed by atoms with Gasteiger partial charge in [0.15, 0.2) is 5.82 Å². The Morgan fingerprint density at radius 3 is 1.74 bits per heavy atom. The molecule has 0 saturated heterocycles. The Morgan fingerprint density at radius 1 is 0.532 bits per heavy atom. The Bertz CT molecular complexity index is 3230. The molecule has 0 saturated carbocycles. The first kappa shape index (κ1) is 38.3. The lowest BCUT2D eigenvalue weighted by Gasteiger charge is -2.12. The van der Waals surface area contributed by atoms with Crippen LogP contribution in [-0.2, 0) is 0 Å². The summed E-state index contributed by atoms with van der Waals surface area (Å²) >= 11 is 0. The minimum Gasteiger partial charge on any atom is -0.297 e. The molecule has 2 aromatic heterocycles. The van der Waals surface area contributed by atoms with Gasteiger partial charge in [0, 0.05) is 27.5 Å². The van der Waals surface area contributed by atoms with Gasteiger partial charge in [-0.2, -0.15) is 0 Å². The highest BCUT2D eigenvalue weighted by atomic mass is 15.1. The number of hydrogen-bond donors (Lipinski definition) is 0. The van der Waals surface area contributed by atoms with E-state index in [1.54, 1.807) is 0 Å². The number of hydrogen-bond acceptors (Lipinski definition) is 3. The minimum atomic E-state index is 0.690. The first-order valence-corrected chi connectivity index (χ1v) is 21.2. The fourth-order valence-corrected chi connectivity index (χ4v) is 8.40. The van der Waals surface area contributed by atoms with Crippen LogP contribution in [0.4, 0.5) is 0 Å². The van der Waals surface area contributed by atoms with E-state index in [0.29, 0.717) is 5.82 Å². The van der Waals surface area contributed by atoms with E-state index in [-0.39, 0.29) is 0 Å². The van der Waals surface area contributed by atoms with Crippen molar-refractivity contribution in [3.05, 3.63) is 236 Å². The fraction of sp³-hybridized carbons (Fsp3) is 0.0517. The van der Waals surface area contributed by atoms with Crippen molar-refractivity contribution in [1.82, 2.24) is 14.5 Å². The Balaban J connectivity index is 1.17. The van der Waals surface area contributed by atoms with Crippen LogP contribution in [0.3, 0.4) is 0 Å². The molecule has 1 aliphatic carbocycles. The summed E-state index contributed by atoms with van der Waals surface area (Å²) in [6, 6.07) is 65.9. The molecule has 0 amide bonds. The maximum absolute atomic E-state index is 5.41. The number of aromatic nitrogens is 3. The van der Waals surface area contributed by atoms with Crippen molar-refractivity contribution in [3.8, 4) is 44.9 Å². The molecule has 0 fully saturated rings. The van der Waals surface area contributed by atoms with Gasteiger partial charge in [-0.15, -0.1) is 0 Å². The molecule has 0 bridgehead atoms. The molecule has 4 nitrogen and oxygen atoms in total. The Kier molecular flexibility index (Phi) is 10.5. The van der Waals surface area contributed by atoms with Gasteiger partial charge in [0.1, 0.15) is 5.84 Å². The van der Waals surface area contributed by atoms with E-state index < -0.39 is 0 Å². The molecule has 10 rings (SSSR count). The lowest BCUT2D eigenvalue weighted by Crippen LogP contribution is -2.07. The summed E-state index contributed by atoms with van der Waals surface area (Å²) in [7, 11) is 0. The minimum absolute atomic E-state index is 0.690. The average Bonchev–Trinajstić information content (AvgIpc) is 3.68. The average molecular weight is 797 g/mol. The summed E-state index contributed by atoms with van der Waals surface area (Å²) in [5.41, 5.74) is 15.5. The second-order valence-electron chi connectivity index (χ2n) is 15.7. The van der Waals surface area contributed by atoms with Crippen molar-refractivity contribution in [1.29, 1.82) is 0 Å². The largest absolute Gasteiger partial charge is 0.297 e. The molecule has 2 heterocycles. The maximum Gasteiger partial charge on any atom is 0.160 e. The number of allylic oxidation sites excluding steroid dienone is 6. The molecule has 1 aliphatic rings. The first-order valence-electron chi connectivity index (χ1n) is 21.2. The Hall–Kier alpha value is -7.95. The number of nitrogens with zero attached hydrogens (tertiary/aromatic N) is 4. The summed E-state index contributed by atoms with van der Waals surface area (Å²) < 4.78 is 2.28. The molecule has 296 valence electrons. The molecule has 62 heavy (non-hydrogen) atoms. The molecule has 0 aliphatic heterocycles. The lowest BCUT2D eigenvalue weighted by atomic mass is 9.98. The fourth-order valence-electron chi connectivity index (χ4n) is 8.40. The van der Waals surface area contributed by atoms with Crippen LogP contribution in [-0.4, -0.2) is 20.4 Å². The van der Waals surface area contributed by atoms with Crippen LogP contribution in [0.15, 0.2) is 224 Å². The van der Waals surface area contributed by atoms with Crippen LogP contribution in [0.5, 0.6) is 0 Å². The van der Waals surface area contributed by atoms with Gasteiger partial charge in [-0.05, 0) is 107 Å². The summed E-state index contributed by atoms with van der Waals surface area (Å²) in [6.07, 6.45) is 10.8. The van der Waals surface area contributed by atoms with E-state index in [9.17, 15) is 0 Å². The van der Waals surface area contributed by atoms with Crippen molar-refractivity contribution in [3.63, 3.8) is 0 Å². The van der Waals surface area contributed by atoms with Crippen LogP contribution in [0.25, 0.3) is 83.5 Å². The SMILES string of the molecule is C=C(/C=C(\N=C(C)n1c2ccc(-c3cccc(-c4ccccc4)c3)cc2c2cc(-c3nc(C4=CCCC=C4)cc(-c4ccccc4)n3)ccc21)c1ccccc1)c1ccccc1. The zero-order valence-electron chi connectivity index (χ0n) is 34.6. The summed E-state index contributed by atoms with van der Waals surface area (Å²) in [6.45, 7) is 6.55. The monoisotopic (exact) mass is 796 g/mol. The number of rotatable bonds is 9. The third-order valence-corrected chi connectivity index (χ3v) is 11.5. The molecule has 9 aromatic rings. The molecular formula is C58H44N4. The zero-order chi connectivity index (χ0) is 41.8. The van der Waals surface area contributed by atoms with Crippen LogP contribution >= 0.6 is 0 Å². The predicted molar refractivity (Wildman–Crippen MR) is 262 cm³/mol. The van der Waals surface area contributed by atoms with Gasteiger partial charge in [-0.3, -0.25) is 4.57 Å². The molecule has 0 N–H and O–H groups in total. The van der Waals surface area contributed by atoms with E-state index in [4.69, 9.17) is 15.0 Å². The molecule has 0 spiro atoms. The standard InChI is InChI=1S/C58H44N4/c1-40(42-19-8-3-9-20-42)35-53(44-23-12-5-13-24-44)59-41(2)62-56-33-31-49(48-30-18-29-47(36-48)43-21-10-4-11-22-43)37-51(56)52-38-50(32-34-57(52)62)58-60-54(45-25-14-6-15-26-45)39-55(61-58)46-27-16-7-17-28-46/h3-6,8-16,18-39H,1,7,17H2,2H3/b53-35-,59-41?. The molecule has 0 radical (unpaired) electrons. The predicted octanol–water partition coefficient (Wildman–Crippen LogP) is 15.0. The maximum atomic E-state index is 5.41. The second kappa shape index (κ2) is 17.0. The molecular weight excluding hydrogens is 753 g/mol. The normalized spacial score (nSPS) is 13.1. The van der Waals surface area contributed by atoms with Crippen molar-refractivity contribution in [2.24, 2.45) is 4.99 Å². The third-order valence-electron chi connectivity index (χ3n) is 11.5. The zero-order valence-corrected chi connectivity index (χ0v) is 34.6. The van der Waals surface area contributed by atoms with Crippen molar-refractivity contribution < 1.29 is 0 Å². The van der Waals surface area contributed by atoms with Crippen molar-refractivity contribution in [2.45, 2.75) is 19.8 Å². The van der Waals surface area contributed by atoms with Gasteiger partial charge in [0.25, 0.3) is 0 Å². The summed E-state index contributed by atoms with van der Waals surface area (Å²) in [4.78, 5) is 15.9. The summed E-state index contributed by atoms with van der Waals surface area (Å²) in [5, 5.41) is 2.22. The van der Waals surface area contributed by atoms with Crippen LogP contribution in [0.1, 0.15) is 36.6 Å². The van der Waals surface area contributed by atoms with Crippen molar-refractivity contribution >= 4 is 44.5 Å². The Labute approximate surface area is 363 Å². The van der Waals surface area contributed by atoms with Gasteiger partial charge in [0.05, 0.1) is 28.1 Å². The molecule has 4 heteroatoms. The number of aliphatic imine (C=N–C) groups is 1. The second-order valence-corrected chi connectivity index (χ2v) is 15.7. The van der Waals surface area contributed by atoms with E-state index in [2.05, 4.69) is 200 Å². The summed E-state index contributed by atoms with van der Waals surface area (Å²) in [5.74, 6) is 1.53. The van der Waals surface area contributed by atoms with E-state index in [1.165, 1.54) is 11.1 Å². The Morgan fingerprint density at radius 2 is 1.08 bits per heavy atom. The molecule has 0 unspecified atom stereocenters. The van der Waals surface area contributed by atoms with Crippen LogP contribution < -0.4 is 0 Å². The van der Waals surface area contributed by atoms with Crippen molar-refractivity contribution in [2.75, 3.05) is 0 Å². The van der Waals surface area contributed by atoms with Crippen LogP contribution in [0, 0.1) is 0 Å². The molecule has 7 aromatic carbocycles. The number of benzene rings is 7. The van der Waals surface area contributed by atoms with Gasteiger partial charge in [-0.1, -0.05) is 170 Å². The van der Waals surface area contributed by atoms with Gasteiger partial charge in [-0.25, -0.2) is 15.0 Å². The highest BCUT2D eigenvalue weighted by Crippen LogP contribution is 2.37. The van der Waals surface area contributed by atoms with Gasteiger partial charge < -0.3 is 0 Å². The smallest absolute Gasteiger partial charge is 0.160 e. The van der Waals surface area contributed by atoms with E-state index >= 15 is 0 Å². The van der Waals surface area contributed by atoms with Gasteiger partial charge >= 0.3 is 0 Å². The van der Waals surface area contributed by atoms with Crippen LogP contribution in [0.2, 0.25) is 0 Å². The first-order chi connectivity index (χ1) is 30.6. The third kappa shape index (κ3) is 7.78. The highest BCUT2D eigenvalue weighted by molar-refractivity contribution is 6.16. The highest BCUT2D eigenvalue weighted by Gasteiger charge is 2.18. The quantitative estimate of drug-likeness (QED) is 0.0829.